The molecule has 0 fully saturated rings. The first-order valence-corrected chi connectivity index (χ1v) is 18.0. The van der Waals surface area contributed by atoms with E-state index in [4.69, 9.17) is 18.3 Å². The molecule has 14 heteroatoms. The van der Waals surface area contributed by atoms with Gasteiger partial charge < -0.3 is 8.37 Å². The van der Waals surface area contributed by atoms with E-state index in [0.717, 1.165) is 43.1 Å². The van der Waals surface area contributed by atoms with Crippen LogP contribution in [0.25, 0.3) is 98.0 Å². The van der Waals surface area contributed by atoms with Gasteiger partial charge in [-0.15, -0.1) is 0 Å². The van der Waals surface area contributed by atoms with Gasteiger partial charge in [-0.25, -0.2) is 9.97 Å². The highest BCUT2D eigenvalue weighted by Crippen LogP contribution is 2.50. The van der Waals surface area contributed by atoms with Crippen molar-refractivity contribution in [2.75, 3.05) is 0 Å². The van der Waals surface area contributed by atoms with Crippen LogP contribution in [0, 0.1) is 0 Å². The molecule has 11 rings (SSSR count). The van der Waals surface area contributed by atoms with Gasteiger partial charge in [-0.05, 0) is 80.8 Å². The van der Waals surface area contributed by atoms with Crippen LogP contribution in [0.1, 0.15) is 0 Å². The molecule has 0 spiro atoms. The summed E-state index contributed by atoms with van der Waals surface area (Å²) in [6, 6.07) is 29.7. The summed E-state index contributed by atoms with van der Waals surface area (Å²) in [6.07, 6.45) is 0. The number of hydrogen-bond acceptors (Lipinski definition) is 8. The average molecular weight is 699 g/mol. The quantitative estimate of drug-likeness (QED) is 0.107. The van der Waals surface area contributed by atoms with Gasteiger partial charge >= 0.3 is 20.8 Å². The van der Waals surface area contributed by atoms with Gasteiger partial charge in [0.25, 0.3) is 0 Å². The van der Waals surface area contributed by atoms with Crippen molar-refractivity contribution in [3.05, 3.63) is 97.1 Å². The maximum Gasteiger partial charge on any atom is 0.447 e. The SMILES string of the molecule is O=S(=O)(O)Oc1c2ccc3c4ccc5c(OS(=O)(=O)O)n6c7ccccc7nc6c6ccc(c7ccc(c2c37)c2nc3ccccc3n12)c4c56. The Hall–Kier alpha value is -6.06. The molecule has 11 aromatic rings. The Morgan fingerprint density at radius 2 is 0.760 bits per heavy atom. The molecule has 242 valence electrons. The molecule has 4 heterocycles. The lowest BCUT2D eigenvalue weighted by molar-refractivity contribution is 0.379. The fraction of sp³-hybridized carbons (Fsp3) is 0. The molecule has 0 unspecified atom stereocenters. The first-order valence-electron chi connectivity index (χ1n) is 15.3. The van der Waals surface area contributed by atoms with E-state index in [2.05, 4.69) is 0 Å². The zero-order chi connectivity index (χ0) is 33.8. The molecule has 0 radical (unpaired) electrons. The number of benzene rings is 7. The lowest BCUT2D eigenvalue weighted by Crippen LogP contribution is -2.10. The zero-order valence-corrected chi connectivity index (χ0v) is 26.8. The third-order valence-electron chi connectivity index (χ3n) is 9.74. The summed E-state index contributed by atoms with van der Waals surface area (Å²) in [7, 11) is -9.86. The lowest BCUT2D eigenvalue weighted by Gasteiger charge is -2.20. The van der Waals surface area contributed by atoms with E-state index in [9.17, 15) is 25.9 Å². The molecule has 50 heavy (non-hydrogen) atoms. The van der Waals surface area contributed by atoms with Crippen molar-refractivity contribution in [2.45, 2.75) is 0 Å². The van der Waals surface area contributed by atoms with Gasteiger partial charge in [-0.2, -0.15) is 16.8 Å². The van der Waals surface area contributed by atoms with Crippen molar-refractivity contribution in [3.63, 3.8) is 0 Å². The fourth-order valence-electron chi connectivity index (χ4n) is 8.05. The van der Waals surface area contributed by atoms with Crippen LogP contribution < -0.4 is 8.37 Å². The monoisotopic (exact) mass is 698 g/mol. The third kappa shape index (κ3) is 3.49. The van der Waals surface area contributed by atoms with Crippen LogP contribution >= 0.6 is 0 Å². The van der Waals surface area contributed by atoms with Crippen LogP contribution in [0.3, 0.4) is 0 Å². The predicted octanol–water partition coefficient (Wildman–Crippen LogP) is 7.45. The van der Waals surface area contributed by atoms with Crippen molar-refractivity contribution in [1.29, 1.82) is 0 Å². The topological polar surface area (TPSA) is 162 Å². The molecule has 4 aromatic heterocycles. The molecule has 0 aliphatic carbocycles. The van der Waals surface area contributed by atoms with E-state index < -0.39 is 20.8 Å². The summed E-state index contributed by atoms with van der Waals surface area (Å²) in [5.74, 6) is -0.187. The molecule has 12 nitrogen and oxygen atoms in total. The number of nitrogens with zero attached hydrogens (tertiary/aromatic N) is 4. The maximum absolute atomic E-state index is 12.3. The van der Waals surface area contributed by atoms with E-state index in [1.54, 1.807) is 33.1 Å². The number of fused-ring (bicyclic) bond motifs is 10. The van der Waals surface area contributed by atoms with Gasteiger partial charge in [0.2, 0.25) is 11.8 Å². The van der Waals surface area contributed by atoms with Gasteiger partial charge in [0.1, 0.15) is 11.3 Å². The van der Waals surface area contributed by atoms with E-state index in [-0.39, 0.29) is 11.8 Å². The van der Waals surface area contributed by atoms with E-state index in [1.165, 1.54) is 0 Å². The fourth-order valence-corrected chi connectivity index (χ4v) is 8.77. The van der Waals surface area contributed by atoms with Gasteiger partial charge in [-0.3, -0.25) is 17.9 Å². The molecular weight excluding hydrogens is 681 g/mol. The van der Waals surface area contributed by atoms with Crippen LogP contribution in [0.2, 0.25) is 0 Å². The Labute approximate surface area is 279 Å². The summed E-state index contributed by atoms with van der Waals surface area (Å²) in [6.45, 7) is 0. The number of aromatic nitrogens is 4. The Bertz CT molecular complexity index is 3300. The van der Waals surface area contributed by atoms with Crippen molar-refractivity contribution >= 4 is 119 Å². The molecule has 7 aromatic carbocycles. The van der Waals surface area contributed by atoms with Crippen molar-refractivity contribution in [2.24, 2.45) is 0 Å². The maximum atomic E-state index is 12.3. The number of para-hydroxylation sites is 4. The highest BCUT2D eigenvalue weighted by Gasteiger charge is 2.27. The molecule has 0 aliphatic rings. The molecule has 0 aliphatic heterocycles. The smallest absolute Gasteiger partial charge is 0.342 e. The van der Waals surface area contributed by atoms with Gasteiger partial charge in [0.05, 0.1) is 22.1 Å². The minimum absolute atomic E-state index is 0.0936. The number of rotatable bonds is 4. The first kappa shape index (κ1) is 27.8. The van der Waals surface area contributed by atoms with E-state index >= 15 is 0 Å². The van der Waals surface area contributed by atoms with Crippen LogP contribution in [-0.2, 0) is 20.8 Å². The van der Waals surface area contributed by atoms with E-state index in [0.29, 0.717) is 54.9 Å². The van der Waals surface area contributed by atoms with Crippen LogP contribution in [-0.4, -0.2) is 44.7 Å². The Balaban J connectivity index is 1.37. The second-order valence-electron chi connectivity index (χ2n) is 12.3. The Kier molecular flexibility index (Phi) is 4.98. The lowest BCUT2D eigenvalue weighted by atomic mass is 9.86. The van der Waals surface area contributed by atoms with Crippen LogP contribution in [0.5, 0.6) is 11.8 Å². The normalized spacial score (nSPS) is 13.3. The molecule has 0 bridgehead atoms. The van der Waals surface area contributed by atoms with Crippen molar-refractivity contribution in [1.82, 2.24) is 18.8 Å². The largest absolute Gasteiger partial charge is 0.447 e. The molecule has 2 N–H and O–H groups in total. The Morgan fingerprint density at radius 1 is 0.440 bits per heavy atom. The summed E-state index contributed by atoms with van der Waals surface area (Å²) >= 11 is 0. The standard InChI is InChI=1S/C36H18N4O8S2/c41-49(42,43)47-35-23-15-11-19-20-12-16-24-32-22(34-38-26-6-2-4-8-28(26)40(34)36(24)48-50(44,45)46)14-10-18(30(20)32)17-9-13-21(31(23)29(17)19)33-37-25-5-1-3-7-27(25)39(33)35/h1-16H,(H,41,42,43)(H,44,45,46). The van der Waals surface area contributed by atoms with Crippen molar-refractivity contribution < 1.29 is 34.3 Å². The molecule has 0 atom stereocenters. The number of hydrogen-bond donors (Lipinski definition) is 2. The van der Waals surface area contributed by atoms with Crippen molar-refractivity contribution in [3.8, 4) is 11.8 Å². The second kappa shape index (κ2) is 8.94. The minimum Gasteiger partial charge on any atom is -0.342 e. The number of pyridine rings is 2. The van der Waals surface area contributed by atoms with Crippen LogP contribution in [0.4, 0.5) is 0 Å². The Morgan fingerprint density at radius 3 is 1.14 bits per heavy atom. The van der Waals surface area contributed by atoms with Gasteiger partial charge in [0.15, 0.2) is 0 Å². The summed E-state index contributed by atoms with van der Waals surface area (Å²) < 4.78 is 82.7. The molecule has 0 saturated carbocycles. The summed E-state index contributed by atoms with van der Waals surface area (Å²) in [5, 5.41) is 8.80. The minimum atomic E-state index is -4.93. The highest BCUT2D eigenvalue weighted by atomic mass is 32.3. The summed E-state index contributed by atoms with van der Waals surface area (Å²) in [4.78, 5) is 9.71. The summed E-state index contributed by atoms with van der Waals surface area (Å²) in [5.41, 5.74) is 3.36. The van der Waals surface area contributed by atoms with Crippen LogP contribution in [0.15, 0.2) is 97.1 Å². The van der Waals surface area contributed by atoms with E-state index in [1.807, 2.05) is 72.8 Å². The van der Waals surface area contributed by atoms with Gasteiger partial charge in [0, 0.05) is 32.3 Å². The highest BCUT2D eigenvalue weighted by molar-refractivity contribution is 7.81. The zero-order valence-electron chi connectivity index (χ0n) is 25.2. The van der Waals surface area contributed by atoms with Gasteiger partial charge in [-0.1, -0.05) is 48.5 Å². The predicted molar refractivity (Wildman–Crippen MR) is 191 cm³/mol. The molecule has 0 amide bonds. The molecule has 0 saturated heterocycles. The second-order valence-corrected chi connectivity index (χ2v) is 14.3. The first-order chi connectivity index (χ1) is 24.1. The molecular formula is C36H18N4O8S2. The number of imidazole rings is 2. The average Bonchev–Trinajstić information content (AvgIpc) is 3.67. The third-order valence-corrected chi connectivity index (χ3v) is 10.5.